The number of halogens is 2. The molecular weight excluding hydrogens is 388 g/mol. The molecule has 2 unspecified atom stereocenters. The second-order valence-electron chi connectivity index (χ2n) is 7.23. The van der Waals surface area contributed by atoms with Crippen LogP contribution in [-0.2, 0) is 6.54 Å². The van der Waals surface area contributed by atoms with Crippen molar-refractivity contribution >= 4 is 22.3 Å². The molecule has 2 aromatic heterocycles. The van der Waals surface area contributed by atoms with Crippen LogP contribution in [0.5, 0.6) is 0 Å². The van der Waals surface area contributed by atoms with E-state index in [1.54, 1.807) is 37.3 Å². The minimum atomic E-state index is -0.772. The summed E-state index contributed by atoms with van der Waals surface area (Å²) < 4.78 is 30.7. The Balaban J connectivity index is 0.00000272. The second kappa shape index (κ2) is 7.72. The summed E-state index contributed by atoms with van der Waals surface area (Å²) in [5.41, 5.74) is 7.26. The first-order valence-electron chi connectivity index (χ1n) is 9.34. The van der Waals surface area contributed by atoms with Gasteiger partial charge < -0.3 is 11.1 Å². The van der Waals surface area contributed by atoms with Crippen molar-refractivity contribution in [1.82, 2.24) is 14.5 Å². The summed E-state index contributed by atoms with van der Waals surface area (Å²) in [6.07, 6.45) is 7.89. The van der Waals surface area contributed by atoms with Crippen molar-refractivity contribution in [3.63, 3.8) is 0 Å². The number of benzene rings is 1. The first-order chi connectivity index (χ1) is 14.3. The van der Waals surface area contributed by atoms with Gasteiger partial charge in [0.1, 0.15) is 11.6 Å². The summed E-state index contributed by atoms with van der Waals surface area (Å²) in [6.45, 7) is 1.36. The fraction of sp³-hybridized carbons (Fsp3) is 0.182. The zero-order chi connectivity index (χ0) is 21.4. The normalized spacial score (nSPS) is 18.5. The predicted molar refractivity (Wildman–Crippen MR) is 113 cm³/mol. The molecule has 0 saturated heterocycles. The van der Waals surface area contributed by atoms with Crippen LogP contribution in [-0.4, -0.2) is 26.3 Å². The number of nitrogens with two attached hydrogens (primary N) is 1. The molecule has 154 valence electrons. The molecule has 1 aliphatic carbocycles. The number of nitrogens with zero attached hydrogens (tertiary/aromatic N) is 3. The third-order valence-corrected chi connectivity index (χ3v) is 5.16. The van der Waals surface area contributed by atoms with Gasteiger partial charge in [-0.1, -0.05) is 18.2 Å². The van der Waals surface area contributed by atoms with Crippen molar-refractivity contribution < 1.29 is 10.2 Å². The van der Waals surface area contributed by atoms with Gasteiger partial charge in [0.15, 0.2) is 5.52 Å². The summed E-state index contributed by atoms with van der Waals surface area (Å²) >= 11 is 0. The molecule has 0 amide bonds. The van der Waals surface area contributed by atoms with E-state index in [1.165, 1.54) is 24.7 Å². The topological polar surface area (TPSA) is 97.6 Å². The predicted octanol–water partition coefficient (Wildman–Crippen LogP) is 3.30. The Morgan fingerprint density at radius 2 is 2.03 bits per heavy atom. The van der Waals surface area contributed by atoms with Gasteiger partial charge in [0, 0.05) is 30.9 Å². The van der Waals surface area contributed by atoms with Crippen molar-refractivity contribution in [2.45, 2.75) is 19.5 Å². The van der Waals surface area contributed by atoms with Crippen LogP contribution in [0.4, 0.5) is 8.78 Å². The quantitative estimate of drug-likeness (QED) is 0.646. The molecule has 1 aromatic carbocycles. The van der Waals surface area contributed by atoms with Gasteiger partial charge in [0.05, 0.1) is 18.4 Å². The zero-order valence-corrected chi connectivity index (χ0v) is 16.1. The van der Waals surface area contributed by atoms with Crippen molar-refractivity contribution in [3.05, 3.63) is 88.1 Å². The Labute approximate surface area is 172 Å². The summed E-state index contributed by atoms with van der Waals surface area (Å²) in [4.78, 5) is 20.7. The monoisotopic (exact) mass is 409 g/mol. The first-order valence-corrected chi connectivity index (χ1v) is 9.34. The van der Waals surface area contributed by atoms with E-state index in [0.29, 0.717) is 22.4 Å². The molecule has 30 heavy (non-hydrogen) atoms. The fourth-order valence-corrected chi connectivity index (χ4v) is 3.52. The van der Waals surface area contributed by atoms with Crippen LogP contribution in [0.25, 0.3) is 16.6 Å². The summed E-state index contributed by atoms with van der Waals surface area (Å²) in [5, 5.41) is 7.74. The maximum absolute atomic E-state index is 14.8. The van der Waals surface area contributed by atoms with Gasteiger partial charge in [-0.2, -0.15) is 0 Å². The standard InChI is InChI=1S/C22H19F2N5O.H2/c1-12(25)15-5-4-13(9-19(15)26)14-7-17(23)16(18(24)8-14)10-29-11-28-20-3-2-6-27-21(20)22(29)30;/h2-9,11,15,19,25H,10,26H2,1H3;1H. The molecule has 0 radical (unpaired) electrons. The average Bonchev–Trinajstić information content (AvgIpc) is 2.72. The number of rotatable bonds is 4. The second-order valence-corrected chi connectivity index (χ2v) is 7.23. The van der Waals surface area contributed by atoms with Gasteiger partial charge in [-0.05, 0) is 42.3 Å². The summed E-state index contributed by atoms with van der Waals surface area (Å²) in [5.74, 6) is -1.78. The third kappa shape index (κ3) is 3.57. The average molecular weight is 409 g/mol. The number of allylic oxidation sites excluding steroid dienone is 2. The SMILES string of the molecule is CC(=N)C1C=CC(c2cc(F)c(Cn3cnc4cccnc4c3=O)c(F)c2)=CC1N.[HH]. The number of hydrogen-bond donors (Lipinski definition) is 2. The Kier molecular flexibility index (Phi) is 5.09. The maximum Gasteiger partial charge on any atom is 0.280 e. The minimum absolute atomic E-state index is 0. The third-order valence-electron chi connectivity index (χ3n) is 5.16. The Hall–Kier alpha value is -3.52. The van der Waals surface area contributed by atoms with E-state index in [0.717, 1.165) is 4.57 Å². The number of aromatic nitrogens is 3. The molecule has 2 heterocycles. The molecule has 3 aromatic rings. The van der Waals surface area contributed by atoms with Gasteiger partial charge in [-0.25, -0.2) is 18.7 Å². The number of pyridine rings is 1. The molecule has 6 nitrogen and oxygen atoms in total. The van der Waals surface area contributed by atoms with Gasteiger partial charge in [0.2, 0.25) is 0 Å². The molecule has 0 bridgehead atoms. The van der Waals surface area contributed by atoms with E-state index in [2.05, 4.69) is 9.97 Å². The molecule has 8 heteroatoms. The van der Waals surface area contributed by atoms with Gasteiger partial charge in [-0.3, -0.25) is 9.36 Å². The highest BCUT2D eigenvalue weighted by molar-refractivity contribution is 5.87. The van der Waals surface area contributed by atoms with Crippen LogP contribution >= 0.6 is 0 Å². The van der Waals surface area contributed by atoms with E-state index >= 15 is 0 Å². The van der Waals surface area contributed by atoms with Crippen molar-refractivity contribution in [3.8, 4) is 0 Å². The molecule has 1 aliphatic rings. The molecule has 0 aliphatic heterocycles. The molecule has 0 saturated carbocycles. The molecule has 3 N–H and O–H groups in total. The minimum Gasteiger partial charge on any atom is -0.324 e. The molecule has 2 atom stereocenters. The lowest BCUT2D eigenvalue weighted by Gasteiger charge is -2.22. The van der Waals surface area contributed by atoms with E-state index in [1.807, 2.05) is 0 Å². The summed E-state index contributed by atoms with van der Waals surface area (Å²) in [7, 11) is 0. The van der Waals surface area contributed by atoms with E-state index in [9.17, 15) is 13.6 Å². The lowest BCUT2D eigenvalue weighted by molar-refractivity contribution is 0.540. The van der Waals surface area contributed by atoms with Crippen LogP contribution in [0.15, 0.2) is 59.8 Å². The Morgan fingerprint density at radius 1 is 1.30 bits per heavy atom. The highest BCUT2D eigenvalue weighted by Gasteiger charge is 2.21. The van der Waals surface area contributed by atoms with Crippen molar-refractivity contribution in [1.29, 1.82) is 5.41 Å². The van der Waals surface area contributed by atoms with Crippen LogP contribution in [0.2, 0.25) is 0 Å². The molecule has 4 rings (SSSR count). The maximum atomic E-state index is 14.8. The van der Waals surface area contributed by atoms with Gasteiger partial charge in [0.25, 0.3) is 5.56 Å². The van der Waals surface area contributed by atoms with E-state index in [4.69, 9.17) is 11.1 Å². The van der Waals surface area contributed by atoms with Gasteiger partial charge in [-0.15, -0.1) is 0 Å². The fourth-order valence-electron chi connectivity index (χ4n) is 3.52. The first kappa shape index (κ1) is 19.8. The largest absolute Gasteiger partial charge is 0.324 e. The highest BCUT2D eigenvalue weighted by atomic mass is 19.1. The summed E-state index contributed by atoms with van der Waals surface area (Å²) in [6, 6.07) is 5.30. The Morgan fingerprint density at radius 3 is 2.70 bits per heavy atom. The van der Waals surface area contributed by atoms with Gasteiger partial charge >= 0.3 is 0 Å². The number of hydrogen-bond acceptors (Lipinski definition) is 5. The van der Waals surface area contributed by atoms with Crippen molar-refractivity contribution in [2.75, 3.05) is 0 Å². The molecular formula is C22H21F2N5O. The lowest BCUT2D eigenvalue weighted by Crippen LogP contribution is -2.32. The van der Waals surface area contributed by atoms with Crippen molar-refractivity contribution in [2.24, 2.45) is 11.7 Å². The number of fused-ring (bicyclic) bond motifs is 1. The highest BCUT2D eigenvalue weighted by Crippen LogP contribution is 2.27. The van der Waals surface area contributed by atoms with Crippen LogP contribution < -0.4 is 11.3 Å². The van der Waals surface area contributed by atoms with E-state index < -0.39 is 23.2 Å². The van der Waals surface area contributed by atoms with E-state index in [-0.39, 0.29) is 25.0 Å². The lowest BCUT2D eigenvalue weighted by atomic mass is 9.87. The zero-order valence-electron chi connectivity index (χ0n) is 16.1. The van der Waals surface area contributed by atoms with Crippen LogP contribution in [0.3, 0.4) is 0 Å². The molecule has 0 fully saturated rings. The van der Waals surface area contributed by atoms with Crippen LogP contribution in [0, 0.1) is 23.0 Å². The smallest absolute Gasteiger partial charge is 0.280 e. The number of nitrogens with one attached hydrogen (secondary N) is 1. The Bertz CT molecular complexity index is 1260. The molecule has 0 spiro atoms. The van der Waals surface area contributed by atoms with Crippen LogP contribution in [0.1, 0.15) is 19.5 Å².